The summed E-state index contributed by atoms with van der Waals surface area (Å²) in [6.45, 7) is 3.52. The van der Waals surface area contributed by atoms with Gasteiger partial charge in [-0.2, -0.15) is 0 Å². The number of aliphatic hydroxyl groups excluding tert-OH is 6. The van der Waals surface area contributed by atoms with Crippen LogP contribution in [0.3, 0.4) is 0 Å². The number of allylic oxidation sites excluding steroid dienone is 5. The Bertz CT molecular complexity index is 927. The Balaban J connectivity index is 2.52. The standard InChI is InChI=1S/C42H77NO9/c1-3-5-7-9-11-13-15-16-17-18-19-21-22-24-26-28-30-35(45)34(33-51-42-40(49)39(48)38(47)37(32-44)52-42)43-41(50)36(46)31-29-27-25-23-20-14-12-10-8-6-4-2/h12,14,21-22,28,30,34-40,42,44-49H,3-11,13,15-20,23-27,29,31-33H2,1-2H3,(H,43,50)/b14-12-,22-21+,30-28+. The van der Waals surface area contributed by atoms with Gasteiger partial charge in [-0.3, -0.25) is 4.79 Å². The number of unbranched alkanes of at least 4 members (excludes halogenated alkanes) is 18. The van der Waals surface area contributed by atoms with Crippen molar-refractivity contribution < 1.29 is 44.9 Å². The molecule has 0 aromatic carbocycles. The molecule has 0 spiro atoms. The third-order valence-electron chi connectivity index (χ3n) is 9.79. The Hall–Kier alpha value is -1.63. The maximum atomic E-state index is 12.9. The predicted octanol–water partition coefficient (Wildman–Crippen LogP) is 6.69. The lowest BCUT2D eigenvalue weighted by molar-refractivity contribution is -0.302. The summed E-state index contributed by atoms with van der Waals surface area (Å²) in [5.74, 6) is -0.639. The minimum atomic E-state index is -1.62. The van der Waals surface area contributed by atoms with Gasteiger partial charge in [-0.15, -0.1) is 0 Å². The molecule has 0 radical (unpaired) electrons. The maximum absolute atomic E-state index is 12.9. The molecule has 0 aromatic heterocycles. The molecule has 1 aliphatic heterocycles. The summed E-state index contributed by atoms with van der Waals surface area (Å²) in [4.78, 5) is 12.9. The van der Waals surface area contributed by atoms with Crippen LogP contribution in [0.2, 0.25) is 0 Å². The molecule has 0 aromatic rings. The van der Waals surface area contributed by atoms with Crippen LogP contribution in [0.1, 0.15) is 162 Å². The Morgan fingerprint density at radius 3 is 1.71 bits per heavy atom. The van der Waals surface area contributed by atoms with Crippen molar-refractivity contribution in [3.63, 3.8) is 0 Å². The van der Waals surface area contributed by atoms with Crippen molar-refractivity contribution in [2.75, 3.05) is 13.2 Å². The van der Waals surface area contributed by atoms with Crippen molar-refractivity contribution in [3.8, 4) is 0 Å². The van der Waals surface area contributed by atoms with Crippen LogP contribution in [-0.2, 0) is 14.3 Å². The van der Waals surface area contributed by atoms with Gasteiger partial charge in [0.25, 0.3) is 0 Å². The number of nitrogens with one attached hydrogen (secondary N) is 1. The van der Waals surface area contributed by atoms with Crippen LogP contribution in [-0.4, -0.2) is 98.7 Å². The minimum Gasteiger partial charge on any atom is -0.394 e. The topological polar surface area (TPSA) is 169 Å². The first-order valence-electron chi connectivity index (χ1n) is 20.8. The third kappa shape index (κ3) is 23.2. The van der Waals surface area contributed by atoms with E-state index in [-0.39, 0.29) is 13.0 Å². The van der Waals surface area contributed by atoms with Crippen molar-refractivity contribution >= 4 is 5.91 Å². The van der Waals surface area contributed by atoms with Gasteiger partial charge in [0.2, 0.25) is 5.91 Å². The van der Waals surface area contributed by atoms with Crippen molar-refractivity contribution in [2.24, 2.45) is 0 Å². The van der Waals surface area contributed by atoms with E-state index < -0.39 is 61.5 Å². The normalized spacial score (nSPS) is 22.8. The summed E-state index contributed by atoms with van der Waals surface area (Å²) in [7, 11) is 0. The summed E-state index contributed by atoms with van der Waals surface area (Å²) in [6.07, 6.45) is 28.1. The van der Waals surface area contributed by atoms with Crippen LogP contribution in [0.25, 0.3) is 0 Å². The number of ether oxygens (including phenoxy) is 2. The summed E-state index contributed by atoms with van der Waals surface area (Å²) in [6, 6.07) is -0.998. The average Bonchev–Trinajstić information content (AvgIpc) is 3.14. The van der Waals surface area contributed by atoms with Gasteiger partial charge in [0.15, 0.2) is 6.29 Å². The molecular weight excluding hydrogens is 662 g/mol. The van der Waals surface area contributed by atoms with E-state index in [0.717, 1.165) is 44.9 Å². The summed E-state index contributed by atoms with van der Waals surface area (Å²) in [5, 5.41) is 64.3. The highest BCUT2D eigenvalue weighted by molar-refractivity contribution is 5.80. The van der Waals surface area contributed by atoms with Gasteiger partial charge in [-0.25, -0.2) is 0 Å². The molecule has 1 aliphatic rings. The molecule has 304 valence electrons. The minimum absolute atomic E-state index is 0.288. The van der Waals surface area contributed by atoms with E-state index >= 15 is 0 Å². The zero-order valence-electron chi connectivity index (χ0n) is 32.7. The van der Waals surface area contributed by atoms with E-state index in [4.69, 9.17) is 9.47 Å². The lowest BCUT2D eigenvalue weighted by Gasteiger charge is -2.40. The zero-order chi connectivity index (χ0) is 38.2. The largest absolute Gasteiger partial charge is 0.394 e. The van der Waals surface area contributed by atoms with E-state index in [1.54, 1.807) is 6.08 Å². The second-order valence-corrected chi connectivity index (χ2v) is 14.6. The first-order valence-corrected chi connectivity index (χ1v) is 20.8. The molecule has 1 rings (SSSR count). The molecule has 52 heavy (non-hydrogen) atoms. The maximum Gasteiger partial charge on any atom is 0.249 e. The van der Waals surface area contributed by atoms with Gasteiger partial charge in [-0.1, -0.05) is 140 Å². The molecule has 8 atom stereocenters. The van der Waals surface area contributed by atoms with Crippen LogP contribution in [0.5, 0.6) is 0 Å². The highest BCUT2D eigenvalue weighted by Gasteiger charge is 2.44. The first kappa shape index (κ1) is 48.4. The molecule has 1 amide bonds. The molecule has 0 saturated carbocycles. The third-order valence-corrected chi connectivity index (χ3v) is 9.79. The fourth-order valence-electron chi connectivity index (χ4n) is 6.29. The highest BCUT2D eigenvalue weighted by Crippen LogP contribution is 2.22. The molecule has 0 aliphatic carbocycles. The zero-order valence-corrected chi connectivity index (χ0v) is 32.7. The van der Waals surface area contributed by atoms with Crippen LogP contribution in [0.15, 0.2) is 36.5 Å². The number of aliphatic hydroxyl groups is 6. The Morgan fingerprint density at radius 1 is 0.654 bits per heavy atom. The van der Waals surface area contributed by atoms with E-state index in [9.17, 15) is 35.4 Å². The van der Waals surface area contributed by atoms with Gasteiger partial charge in [0.1, 0.15) is 30.5 Å². The summed E-state index contributed by atoms with van der Waals surface area (Å²) < 4.78 is 11.1. The molecule has 10 heteroatoms. The molecule has 1 fully saturated rings. The monoisotopic (exact) mass is 740 g/mol. The van der Waals surface area contributed by atoms with Crippen molar-refractivity contribution in [2.45, 2.75) is 210 Å². The number of amides is 1. The average molecular weight is 740 g/mol. The number of carbonyl (C=O) groups is 1. The van der Waals surface area contributed by atoms with Crippen LogP contribution < -0.4 is 5.32 Å². The molecule has 0 bridgehead atoms. The van der Waals surface area contributed by atoms with Gasteiger partial charge in [-0.05, 0) is 57.8 Å². The summed E-state index contributed by atoms with van der Waals surface area (Å²) in [5.41, 5.74) is 0. The van der Waals surface area contributed by atoms with Crippen molar-refractivity contribution in [3.05, 3.63) is 36.5 Å². The highest BCUT2D eigenvalue weighted by atomic mass is 16.7. The van der Waals surface area contributed by atoms with Gasteiger partial charge in [0.05, 0.1) is 25.4 Å². The van der Waals surface area contributed by atoms with E-state index in [1.165, 1.54) is 83.5 Å². The predicted molar refractivity (Wildman–Crippen MR) is 209 cm³/mol. The van der Waals surface area contributed by atoms with Crippen molar-refractivity contribution in [1.29, 1.82) is 0 Å². The van der Waals surface area contributed by atoms with Crippen molar-refractivity contribution in [1.82, 2.24) is 5.32 Å². The molecular formula is C42H77NO9. The summed E-state index contributed by atoms with van der Waals surface area (Å²) >= 11 is 0. The molecule has 1 heterocycles. The number of hydrogen-bond donors (Lipinski definition) is 7. The Morgan fingerprint density at radius 2 is 1.13 bits per heavy atom. The number of rotatable bonds is 33. The fraction of sp³-hybridized carbons (Fsp3) is 0.833. The van der Waals surface area contributed by atoms with E-state index in [1.807, 2.05) is 6.08 Å². The van der Waals surface area contributed by atoms with Gasteiger partial charge >= 0.3 is 0 Å². The van der Waals surface area contributed by atoms with Gasteiger partial charge in [0, 0.05) is 0 Å². The Kier molecular flexibility index (Phi) is 30.5. The van der Waals surface area contributed by atoms with E-state index in [2.05, 4.69) is 43.5 Å². The fourth-order valence-corrected chi connectivity index (χ4v) is 6.29. The van der Waals surface area contributed by atoms with E-state index in [0.29, 0.717) is 12.8 Å². The second kappa shape index (κ2) is 32.8. The number of hydrogen-bond acceptors (Lipinski definition) is 9. The lowest BCUT2D eigenvalue weighted by Crippen LogP contribution is -2.60. The second-order valence-electron chi connectivity index (χ2n) is 14.6. The molecule has 10 nitrogen and oxygen atoms in total. The molecule has 7 N–H and O–H groups in total. The molecule has 8 unspecified atom stereocenters. The Labute approximate surface area is 315 Å². The molecule has 1 saturated heterocycles. The number of carbonyl (C=O) groups excluding carboxylic acids is 1. The SMILES string of the molecule is CCCCC/C=C\CCCCCCC(O)C(=O)NC(COC1OC(CO)C(O)C(O)C1O)C(O)/C=C/CC/C=C/CCCCCCCCCCCC. The van der Waals surface area contributed by atoms with Crippen LogP contribution in [0.4, 0.5) is 0 Å². The first-order chi connectivity index (χ1) is 25.3. The van der Waals surface area contributed by atoms with Crippen LogP contribution >= 0.6 is 0 Å². The van der Waals surface area contributed by atoms with Gasteiger partial charge < -0.3 is 45.4 Å². The quantitative estimate of drug-likeness (QED) is 0.0287. The smallest absolute Gasteiger partial charge is 0.249 e. The van der Waals surface area contributed by atoms with Crippen LogP contribution in [0, 0.1) is 0 Å². The lowest BCUT2D eigenvalue weighted by atomic mass is 9.99.